The van der Waals surface area contributed by atoms with Gasteiger partial charge in [0.2, 0.25) is 0 Å². The number of nitrogens with one attached hydrogen (secondary N) is 2. The average molecular weight is 401 g/mol. The minimum absolute atomic E-state index is 0.0737. The van der Waals surface area contributed by atoms with Gasteiger partial charge in [0.1, 0.15) is 0 Å². The number of carbonyl (C=O) groups is 2. The van der Waals surface area contributed by atoms with E-state index in [9.17, 15) is 22.8 Å². The topological polar surface area (TPSA) is 67.4 Å². The summed E-state index contributed by atoms with van der Waals surface area (Å²) in [7, 11) is 1.62. The molecule has 0 aliphatic heterocycles. The van der Waals surface area contributed by atoms with Crippen molar-refractivity contribution in [1.82, 2.24) is 0 Å². The molecular weight excluding hydrogens is 385 g/mol. The molecule has 2 aromatic carbocycles. The van der Waals surface area contributed by atoms with Gasteiger partial charge >= 0.3 is 12.1 Å². The molecule has 0 aliphatic rings. The number of hydrogen-bond donors (Lipinski definition) is 2. The largest absolute Gasteiger partial charge is 0.449 e. The van der Waals surface area contributed by atoms with E-state index in [0.717, 1.165) is 12.1 Å². The highest BCUT2D eigenvalue weighted by molar-refractivity contribution is 6.33. The van der Waals surface area contributed by atoms with Crippen LogP contribution in [0.1, 0.15) is 22.8 Å². The zero-order valence-corrected chi connectivity index (χ0v) is 15.1. The number of para-hydroxylation sites is 1. The molecule has 0 aliphatic carbocycles. The molecule has 27 heavy (non-hydrogen) atoms. The van der Waals surface area contributed by atoms with Crippen LogP contribution in [0.3, 0.4) is 0 Å². The van der Waals surface area contributed by atoms with E-state index in [4.69, 9.17) is 16.3 Å². The molecule has 0 heterocycles. The summed E-state index contributed by atoms with van der Waals surface area (Å²) in [5.41, 5.74) is -0.461. The minimum Gasteiger partial charge on any atom is -0.449 e. The first-order valence-corrected chi connectivity index (χ1v) is 8.16. The van der Waals surface area contributed by atoms with Gasteiger partial charge in [-0.15, -0.1) is 0 Å². The predicted molar refractivity (Wildman–Crippen MR) is 95.9 cm³/mol. The molecule has 0 radical (unpaired) electrons. The lowest BCUT2D eigenvalue weighted by atomic mass is 10.1. The Morgan fingerprint density at radius 3 is 2.41 bits per heavy atom. The second-order valence-electron chi connectivity index (χ2n) is 5.52. The van der Waals surface area contributed by atoms with Gasteiger partial charge < -0.3 is 15.4 Å². The molecule has 2 rings (SSSR count). The number of ether oxygens (including phenoxy) is 1. The van der Waals surface area contributed by atoms with E-state index >= 15 is 0 Å². The van der Waals surface area contributed by atoms with Crippen LogP contribution < -0.4 is 10.6 Å². The summed E-state index contributed by atoms with van der Waals surface area (Å²) in [6, 6.07) is 9.06. The molecule has 1 atom stereocenters. The van der Waals surface area contributed by atoms with Crippen LogP contribution in [0, 0.1) is 0 Å². The van der Waals surface area contributed by atoms with Gasteiger partial charge in [-0.3, -0.25) is 4.79 Å². The maximum Gasteiger partial charge on any atom is 0.416 e. The zero-order chi connectivity index (χ0) is 20.2. The van der Waals surface area contributed by atoms with E-state index in [-0.39, 0.29) is 16.3 Å². The van der Waals surface area contributed by atoms with Crippen molar-refractivity contribution in [2.75, 3.05) is 17.7 Å². The highest BCUT2D eigenvalue weighted by atomic mass is 35.5. The Hall–Kier alpha value is -2.74. The van der Waals surface area contributed by atoms with Crippen LogP contribution in [0.5, 0.6) is 0 Å². The number of alkyl halides is 3. The van der Waals surface area contributed by atoms with Gasteiger partial charge in [0.15, 0.2) is 6.10 Å². The lowest BCUT2D eigenvalue weighted by Gasteiger charge is -2.16. The normalized spacial score (nSPS) is 12.2. The molecular formula is C18H16ClF3N2O3. The van der Waals surface area contributed by atoms with E-state index in [1.807, 2.05) is 0 Å². The van der Waals surface area contributed by atoms with Crippen molar-refractivity contribution >= 4 is 34.9 Å². The standard InChI is InChI=1S/C18H16ClF3N2O3/c1-10(27-17(26)12-5-3-4-6-14(12)23-2)16(25)24-15-9-11(18(20,21)22)7-8-13(15)19/h3-10,23H,1-2H3,(H,24,25)/t10-/m0/s1. The number of anilines is 2. The van der Waals surface area contributed by atoms with Crippen molar-refractivity contribution in [3.8, 4) is 0 Å². The summed E-state index contributed by atoms with van der Waals surface area (Å²) in [5.74, 6) is -1.57. The Labute approximate surface area is 158 Å². The van der Waals surface area contributed by atoms with Crippen molar-refractivity contribution in [2.24, 2.45) is 0 Å². The number of rotatable bonds is 5. The molecule has 144 valence electrons. The van der Waals surface area contributed by atoms with Crippen LogP contribution >= 0.6 is 11.6 Å². The Morgan fingerprint density at radius 2 is 1.78 bits per heavy atom. The molecule has 0 saturated heterocycles. The van der Waals surface area contributed by atoms with Crippen molar-refractivity contribution in [3.05, 3.63) is 58.6 Å². The molecule has 2 N–H and O–H groups in total. The summed E-state index contributed by atoms with van der Waals surface area (Å²) < 4.78 is 43.5. The molecule has 0 saturated carbocycles. The molecule has 2 aromatic rings. The maximum atomic E-state index is 12.8. The molecule has 0 unspecified atom stereocenters. The number of hydrogen-bond acceptors (Lipinski definition) is 4. The van der Waals surface area contributed by atoms with Crippen molar-refractivity contribution in [2.45, 2.75) is 19.2 Å². The Kier molecular flexibility index (Phi) is 6.32. The molecule has 9 heteroatoms. The first kappa shape index (κ1) is 20.6. The second-order valence-corrected chi connectivity index (χ2v) is 5.93. The average Bonchev–Trinajstić information content (AvgIpc) is 2.62. The fourth-order valence-electron chi connectivity index (χ4n) is 2.19. The Morgan fingerprint density at radius 1 is 1.11 bits per heavy atom. The van der Waals surface area contributed by atoms with Gasteiger partial charge in [0.05, 0.1) is 21.8 Å². The smallest absolute Gasteiger partial charge is 0.416 e. The zero-order valence-electron chi connectivity index (χ0n) is 14.4. The lowest BCUT2D eigenvalue weighted by Crippen LogP contribution is -2.30. The third-order valence-electron chi connectivity index (χ3n) is 3.62. The van der Waals surface area contributed by atoms with Crippen LogP contribution in [0.4, 0.5) is 24.5 Å². The fourth-order valence-corrected chi connectivity index (χ4v) is 2.35. The highest BCUT2D eigenvalue weighted by Gasteiger charge is 2.31. The number of esters is 1. The minimum atomic E-state index is -4.58. The van der Waals surface area contributed by atoms with Crippen LogP contribution in [-0.4, -0.2) is 25.0 Å². The third kappa shape index (κ3) is 5.13. The van der Waals surface area contributed by atoms with E-state index in [1.165, 1.54) is 13.0 Å². The first-order valence-electron chi connectivity index (χ1n) is 7.79. The van der Waals surface area contributed by atoms with E-state index in [0.29, 0.717) is 11.8 Å². The number of halogens is 4. The van der Waals surface area contributed by atoms with Gasteiger partial charge in [-0.25, -0.2) is 4.79 Å². The van der Waals surface area contributed by atoms with Gasteiger partial charge in [0.25, 0.3) is 5.91 Å². The first-order chi connectivity index (χ1) is 12.6. The third-order valence-corrected chi connectivity index (χ3v) is 3.95. The summed E-state index contributed by atoms with van der Waals surface area (Å²) >= 11 is 5.84. The monoisotopic (exact) mass is 400 g/mol. The predicted octanol–water partition coefficient (Wildman–Crippen LogP) is 4.58. The second kappa shape index (κ2) is 8.30. The Balaban J connectivity index is 2.11. The summed E-state index contributed by atoms with van der Waals surface area (Å²) in [6.07, 6.45) is -5.84. The fraction of sp³-hybridized carbons (Fsp3) is 0.222. The van der Waals surface area contributed by atoms with E-state index in [2.05, 4.69) is 10.6 Å². The van der Waals surface area contributed by atoms with E-state index in [1.54, 1.807) is 25.2 Å². The van der Waals surface area contributed by atoms with Gasteiger partial charge in [-0.2, -0.15) is 13.2 Å². The summed E-state index contributed by atoms with van der Waals surface area (Å²) in [5, 5.41) is 4.99. The van der Waals surface area contributed by atoms with Gasteiger partial charge in [0, 0.05) is 12.7 Å². The van der Waals surface area contributed by atoms with Crippen LogP contribution in [0.15, 0.2) is 42.5 Å². The van der Waals surface area contributed by atoms with Crippen LogP contribution in [0.2, 0.25) is 5.02 Å². The SMILES string of the molecule is CNc1ccccc1C(=O)O[C@@H](C)C(=O)Nc1cc(C(F)(F)F)ccc1Cl. The lowest BCUT2D eigenvalue weighted by molar-refractivity contribution is -0.137. The number of benzene rings is 2. The summed E-state index contributed by atoms with van der Waals surface area (Å²) in [6.45, 7) is 1.30. The molecule has 0 spiro atoms. The maximum absolute atomic E-state index is 12.8. The van der Waals surface area contributed by atoms with Crippen LogP contribution in [-0.2, 0) is 15.7 Å². The van der Waals surface area contributed by atoms with Crippen LogP contribution in [0.25, 0.3) is 0 Å². The van der Waals surface area contributed by atoms with Gasteiger partial charge in [-0.1, -0.05) is 23.7 Å². The van der Waals surface area contributed by atoms with Crippen molar-refractivity contribution < 1.29 is 27.5 Å². The van der Waals surface area contributed by atoms with Crippen molar-refractivity contribution in [3.63, 3.8) is 0 Å². The highest BCUT2D eigenvalue weighted by Crippen LogP contribution is 2.33. The molecule has 0 fully saturated rings. The molecule has 0 aromatic heterocycles. The number of carbonyl (C=O) groups excluding carboxylic acids is 2. The molecule has 0 bridgehead atoms. The Bertz CT molecular complexity index is 856. The van der Waals surface area contributed by atoms with Gasteiger partial charge in [-0.05, 0) is 37.3 Å². The van der Waals surface area contributed by atoms with Crippen molar-refractivity contribution in [1.29, 1.82) is 0 Å². The quantitative estimate of drug-likeness (QED) is 0.721. The molecule has 1 amide bonds. The van der Waals surface area contributed by atoms with E-state index < -0.39 is 29.7 Å². The summed E-state index contributed by atoms with van der Waals surface area (Å²) in [4.78, 5) is 24.4. The molecule has 5 nitrogen and oxygen atoms in total. The number of amides is 1.